The van der Waals surface area contributed by atoms with Gasteiger partial charge in [0.1, 0.15) is 6.10 Å². The largest absolute Gasteiger partial charge is 0.458 e. The molecular formula is C36H54O3. The Labute approximate surface area is 238 Å². The van der Waals surface area contributed by atoms with Crippen LogP contribution in [0.3, 0.4) is 0 Å². The van der Waals surface area contributed by atoms with Gasteiger partial charge < -0.3 is 9.84 Å². The number of ether oxygens (including phenoxy) is 1. The third-order valence-corrected chi connectivity index (χ3v) is 12.4. The number of carbonyl (C=O) groups excluding carboxylic acids is 1. The minimum atomic E-state index is -0.210. The molecule has 0 unspecified atom stereocenters. The van der Waals surface area contributed by atoms with E-state index in [1.54, 1.807) is 5.57 Å². The van der Waals surface area contributed by atoms with E-state index in [1.165, 1.54) is 32.1 Å². The Morgan fingerprint density at radius 1 is 1.00 bits per heavy atom. The molecule has 39 heavy (non-hydrogen) atoms. The van der Waals surface area contributed by atoms with Crippen LogP contribution in [0.15, 0.2) is 42.0 Å². The van der Waals surface area contributed by atoms with E-state index >= 15 is 0 Å². The predicted molar refractivity (Wildman–Crippen MR) is 159 cm³/mol. The van der Waals surface area contributed by atoms with Crippen molar-refractivity contribution in [1.82, 2.24) is 0 Å². The van der Waals surface area contributed by atoms with Gasteiger partial charge in [-0.05, 0) is 91.1 Å². The molecule has 0 aromatic heterocycles. The van der Waals surface area contributed by atoms with Crippen LogP contribution < -0.4 is 0 Å². The molecule has 0 saturated heterocycles. The molecule has 1 N–H and O–H groups in total. The number of allylic oxidation sites excluding steroid dienone is 1. The van der Waals surface area contributed by atoms with Crippen LogP contribution >= 0.6 is 0 Å². The maximum Gasteiger partial charge on any atom is 0.338 e. The van der Waals surface area contributed by atoms with E-state index in [0.29, 0.717) is 35.2 Å². The molecule has 3 fully saturated rings. The summed E-state index contributed by atoms with van der Waals surface area (Å²) in [5.41, 5.74) is 2.53. The molecule has 1 aromatic carbocycles. The number of carbonyl (C=O) groups is 1. The molecule has 0 spiro atoms. The molecule has 3 saturated carbocycles. The molecule has 0 radical (unpaired) electrons. The summed E-state index contributed by atoms with van der Waals surface area (Å²) >= 11 is 0. The van der Waals surface area contributed by atoms with Gasteiger partial charge in [0.05, 0.1) is 11.7 Å². The number of aliphatic hydroxyl groups excluding tert-OH is 1. The second kappa shape index (κ2) is 10.7. The van der Waals surface area contributed by atoms with Crippen LogP contribution in [0, 0.1) is 51.8 Å². The highest BCUT2D eigenvalue weighted by Gasteiger charge is 2.63. The molecule has 216 valence electrons. The van der Waals surface area contributed by atoms with Crippen LogP contribution in [0.25, 0.3) is 0 Å². The number of benzene rings is 1. The Kier molecular flexibility index (Phi) is 7.90. The number of hydrogen-bond acceptors (Lipinski definition) is 3. The van der Waals surface area contributed by atoms with Gasteiger partial charge in [0, 0.05) is 11.3 Å². The van der Waals surface area contributed by atoms with Crippen LogP contribution in [-0.2, 0) is 4.74 Å². The van der Waals surface area contributed by atoms with Gasteiger partial charge in [0.25, 0.3) is 0 Å². The van der Waals surface area contributed by atoms with E-state index in [4.69, 9.17) is 4.74 Å². The van der Waals surface area contributed by atoms with Crippen LogP contribution in [-0.4, -0.2) is 23.3 Å². The number of aliphatic hydroxyl groups is 1. The maximum absolute atomic E-state index is 13.0. The van der Waals surface area contributed by atoms with Gasteiger partial charge in [-0.1, -0.05) is 97.6 Å². The second-order valence-corrected chi connectivity index (χ2v) is 15.4. The van der Waals surface area contributed by atoms with Gasteiger partial charge in [-0.3, -0.25) is 0 Å². The Morgan fingerprint density at radius 2 is 1.69 bits per heavy atom. The van der Waals surface area contributed by atoms with Crippen molar-refractivity contribution in [3.63, 3.8) is 0 Å². The maximum atomic E-state index is 13.0. The second-order valence-electron chi connectivity index (χ2n) is 15.4. The van der Waals surface area contributed by atoms with Crippen LogP contribution in [0.2, 0.25) is 0 Å². The first kappa shape index (κ1) is 28.9. The summed E-state index contributed by atoms with van der Waals surface area (Å²) in [7, 11) is 0. The van der Waals surface area contributed by atoms with Gasteiger partial charge in [0.15, 0.2) is 0 Å². The molecule has 0 amide bonds. The van der Waals surface area contributed by atoms with Crippen molar-refractivity contribution in [1.29, 1.82) is 0 Å². The van der Waals surface area contributed by atoms with Crippen molar-refractivity contribution < 1.29 is 14.6 Å². The monoisotopic (exact) mass is 534 g/mol. The van der Waals surface area contributed by atoms with Crippen molar-refractivity contribution in [3.8, 4) is 0 Å². The lowest BCUT2D eigenvalue weighted by atomic mass is 9.43. The molecule has 3 nitrogen and oxygen atoms in total. The lowest BCUT2D eigenvalue weighted by molar-refractivity contribution is -0.131. The van der Waals surface area contributed by atoms with Crippen molar-refractivity contribution in [2.45, 2.75) is 118 Å². The van der Waals surface area contributed by atoms with Crippen molar-refractivity contribution in [2.75, 3.05) is 0 Å². The highest BCUT2D eigenvalue weighted by Crippen LogP contribution is 2.69. The number of rotatable bonds is 7. The Hall–Kier alpha value is -1.61. The molecule has 0 bridgehead atoms. The highest BCUT2D eigenvalue weighted by molar-refractivity contribution is 5.89. The molecule has 9 atom stereocenters. The van der Waals surface area contributed by atoms with Crippen molar-refractivity contribution in [3.05, 3.63) is 47.5 Å². The highest BCUT2D eigenvalue weighted by atomic mass is 16.5. The van der Waals surface area contributed by atoms with Crippen LogP contribution in [0.5, 0.6) is 0 Å². The summed E-state index contributed by atoms with van der Waals surface area (Å²) < 4.78 is 6.21. The molecule has 0 heterocycles. The van der Waals surface area contributed by atoms with Gasteiger partial charge in [0.2, 0.25) is 0 Å². The molecule has 3 heteroatoms. The zero-order valence-corrected chi connectivity index (χ0v) is 25.7. The summed E-state index contributed by atoms with van der Waals surface area (Å²) in [6.07, 6.45) is 12.6. The van der Waals surface area contributed by atoms with Gasteiger partial charge in [-0.15, -0.1) is 0 Å². The van der Waals surface area contributed by atoms with Crippen molar-refractivity contribution >= 4 is 5.97 Å². The Bertz CT molecular complexity index is 1060. The van der Waals surface area contributed by atoms with Crippen molar-refractivity contribution in [2.24, 2.45) is 51.8 Å². The smallest absolute Gasteiger partial charge is 0.338 e. The van der Waals surface area contributed by atoms with E-state index in [0.717, 1.165) is 31.6 Å². The normalized spacial score (nSPS) is 39.8. The summed E-state index contributed by atoms with van der Waals surface area (Å²) in [6, 6.07) is 9.44. The fourth-order valence-electron chi connectivity index (χ4n) is 10.3. The van der Waals surface area contributed by atoms with Gasteiger partial charge >= 0.3 is 5.97 Å². The van der Waals surface area contributed by atoms with E-state index < -0.39 is 0 Å². The zero-order chi connectivity index (χ0) is 28.2. The van der Waals surface area contributed by atoms with Gasteiger partial charge in [-0.2, -0.15) is 0 Å². The summed E-state index contributed by atoms with van der Waals surface area (Å²) in [6.45, 7) is 16.8. The molecule has 1 aromatic rings. The lowest BCUT2D eigenvalue weighted by Gasteiger charge is -2.62. The summed E-state index contributed by atoms with van der Waals surface area (Å²) in [4.78, 5) is 13.0. The van der Waals surface area contributed by atoms with E-state index in [2.05, 4.69) is 54.5 Å². The van der Waals surface area contributed by atoms with E-state index in [9.17, 15) is 9.90 Å². The SMILES string of the molecule is CC(C)CCC[C@@H](C)[C@H]1C[C@H](O)[C@H]2C3=CC[C@H]4C(C)(C)[C@@H](OC(=O)c5ccccc5)CC[C@]4(C)[C@H]3CC[C@]12C. The first-order valence-electron chi connectivity index (χ1n) is 16.0. The Balaban J connectivity index is 1.35. The quantitative estimate of drug-likeness (QED) is 0.281. The molecule has 4 aliphatic carbocycles. The van der Waals surface area contributed by atoms with Crippen LogP contribution in [0.1, 0.15) is 117 Å². The number of hydrogen-bond donors (Lipinski definition) is 1. The summed E-state index contributed by atoms with van der Waals surface area (Å²) in [5.74, 6) is 3.17. The third kappa shape index (κ3) is 4.93. The van der Waals surface area contributed by atoms with E-state index in [-0.39, 0.29) is 34.4 Å². The fraction of sp³-hybridized carbons (Fsp3) is 0.750. The molecule has 4 aliphatic rings. The minimum Gasteiger partial charge on any atom is -0.458 e. The Morgan fingerprint density at radius 3 is 2.38 bits per heavy atom. The summed E-state index contributed by atoms with van der Waals surface area (Å²) in [5, 5.41) is 11.6. The molecule has 0 aliphatic heterocycles. The average molecular weight is 535 g/mol. The van der Waals surface area contributed by atoms with Gasteiger partial charge in [-0.25, -0.2) is 4.79 Å². The molecule has 5 rings (SSSR count). The predicted octanol–water partition coefficient (Wildman–Crippen LogP) is 8.86. The fourth-order valence-corrected chi connectivity index (χ4v) is 10.3. The first-order valence-corrected chi connectivity index (χ1v) is 16.0. The first-order chi connectivity index (χ1) is 18.4. The zero-order valence-electron chi connectivity index (χ0n) is 25.7. The number of esters is 1. The number of fused-ring (bicyclic) bond motifs is 5. The topological polar surface area (TPSA) is 46.5 Å². The standard InChI is InChI=1S/C36H54O3/c1-23(2)12-11-13-24(3)28-22-29(37)32-26-16-17-30-34(4,5)31(39-33(38)25-14-9-8-10-15-25)19-21-35(30,6)27(26)18-20-36(28,32)7/h8-10,14-16,23-24,27-32,37H,11-13,17-22H2,1-7H3/t24-,27+,28-,29+,30+,31+,32-,35-,36-/m1/s1. The molecular weight excluding hydrogens is 480 g/mol. The van der Waals surface area contributed by atoms with E-state index in [1.807, 2.05) is 30.3 Å². The lowest BCUT2D eigenvalue weighted by Crippen LogP contribution is -2.57. The minimum absolute atomic E-state index is 0.0692. The average Bonchev–Trinajstić information content (AvgIpc) is 3.16. The third-order valence-electron chi connectivity index (χ3n) is 12.4. The van der Waals surface area contributed by atoms with Crippen LogP contribution in [0.4, 0.5) is 0 Å².